The first-order valence-corrected chi connectivity index (χ1v) is 7.78. The Hall–Kier alpha value is -2.90. The molecule has 0 aliphatic carbocycles. The fourth-order valence-electron chi connectivity index (χ4n) is 2.83. The van der Waals surface area contributed by atoms with Gasteiger partial charge in [-0.2, -0.15) is 0 Å². The highest BCUT2D eigenvalue weighted by Gasteiger charge is 2.30. The number of para-hydroxylation sites is 2. The van der Waals surface area contributed by atoms with Crippen molar-refractivity contribution < 1.29 is 19.2 Å². The summed E-state index contributed by atoms with van der Waals surface area (Å²) in [5.41, 5.74) is 1.29. The molecular formula is C16H18N4O4. The van der Waals surface area contributed by atoms with Gasteiger partial charge in [0, 0.05) is 25.9 Å². The lowest BCUT2D eigenvalue weighted by molar-refractivity contribution is -0.141. The van der Waals surface area contributed by atoms with E-state index >= 15 is 0 Å². The number of carbonyl (C=O) groups is 4. The molecular weight excluding hydrogens is 312 g/mol. The van der Waals surface area contributed by atoms with E-state index < -0.39 is 5.91 Å². The highest BCUT2D eigenvalue weighted by molar-refractivity contribution is 6.06. The molecule has 1 aromatic carbocycles. The predicted octanol–water partition coefficient (Wildman–Crippen LogP) is -0.290. The molecule has 24 heavy (non-hydrogen) atoms. The molecule has 4 amide bonds. The maximum Gasteiger partial charge on any atom is 0.244 e. The van der Waals surface area contributed by atoms with E-state index in [2.05, 4.69) is 10.6 Å². The van der Waals surface area contributed by atoms with E-state index in [1.165, 1.54) is 0 Å². The fraction of sp³-hybridized carbons (Fsp3) is 0.375. The van der Waals surface area contributed by atoms with Gasteiger partial charge in [0.05, 0.1) is 17.9 Å². The maximum absolute atomic E-state index is 12.2. The summed E-state index contributed by atoms with van der Waals surface area (Å²) in [4.78, 5) is 49.8. The van der Waals surface area contributed by atoms with Gasteiger partial charge < -0.3 is 15.5 Å². The quantitative estimate of drug-likeness (QED) is 0.739. The van der Waals surface area contributed by atoms with Gasteiger partial charge >= 0.3 is 0 Å². The average Bonchev–Trinajstić information content (AvgIpc) is 2.87. The number of amides is 4. The van der Waals surface area contributed by atoms with Gasteiger partial charge in [-0.1, -0.05) is 12.1 Å². The second-order valence-electron chi connectivity index (χ2n) is 5.71. The summed E-state index contributed by atoms with van der Waals surface area (Å²) in [6, 6.07) is 7.15. The van der Waals surface area contributed by atoms with Crippen molar-refractivity contribution in [3.63, 3.8) is 0 Å². The molecule has 2 N–H and O–H groups in total. The third-order valence-corrected chi connectivity index (χ3v) is 4.01. The molecule has 2 aliphatic rings. The van der Waals surface area contributed by atoms with E-state index in [9.17, 15) is 19.2 Å². The number of imide groups is 1. The van der Waals surface area contributed by atoms with Gasteiger partial charge in [-0.15, -0.1) is 0 Å². The first-order valence-electron chi connectivity index (χ1n) is 7.78. The average molecular weight is 330 g/mol. The third kappa shape index (κ3) is 3.37. The van der Waals surface area contributed by atoms with Crippen molar-refractivity contribution in [3.8, 4) is 0 Å². The van der Waals surface area contributed by atoms with Gasteiger partial charge in [0.2, 0.25) is 23.6 Å². The van der Waals surface area contributed by atoms with E-state index in [1.807, 2.05) is 17.0 Å². The number of nitrogens with one attached hydrogen (secondary N) is 2. The molecule has 126 valence electrons. The highest BCUT2D eigenvalue weighted by Crippen LogP contribution is 2.26. The van der Waals surface area contributed by atoms with Crippen molar-refractivity contribution in [3.05, 3.63) is 24.3 Å². The third-order valence-electron chi connectivity index (χ3n) is 4.01. The summed E-state index contributed by atoms with van der Waals surface area (Å²) in [6.45, 7) is 1.11. The lowest BCUT2D eigenvalue weighted by Crippen LogP contribution is -2.48. The molecule has 0 saturated carbocycles. The van der Waals surface area contributed by atoms with Crippen molar-refractivity contribution in [1.29, 1.82) is 0 Å². The van der Waals surface area contributed by atoms with Crippen molar-refractivity contribution in [2.24, 2.45) is 0 Å². The minimum atomic E-state index is -0.437. The van der Waals surface area contributed by atoms with E-state index in [1.54, 1.807) is 12.1 Å². The molecule has 2 heterocycles. The minimum absolute atomic E-state index is 0.0735. The zero-order valence-corrected chi connectivity index (χ0v) is 13.1. The topological polar surface area (TPSA) is 98.8 Å². The largest absolute Gasteiger partial charge is 0.359 e. The van der Waals surface area contributed by atoms with Crippen LogP contribution in [0.1, 0.15) is 12.8 Å². The summed E-state index contributed by atoms with van der Waals surface area (Å²) < 4.78 is 0. The van der Waals surface area contributed by atoms with Crippen LogP contribution >= 0.6 is 0 Å². The van der Waals surface area contributed by atoms with Crippen molar-refractivity contribution in [2.45, 2.75) is 12.8 Å². The number of nitrogens with zero attached hydrogens (tertiary/aromatic N) is 2. The van der Waals surface area contributed by atoms with Crippen LogP contribution in [-0.4, -0.2) is 54.7 Å². The van der Waals surface area contributed by atoms with Crippen LogP contribution in [0.15, 0.2) is 24.3 Å². The summed E-state index contributed by atoms with van der Waals surface area (Å²) in [6.07, 6.45) is 0.317. The van der Waals surface area contributed by atoms with Gasteiger partial charge in [-0.3, -0.25) is 24.1 Å². The van der Waals surface area contributed by atoms with E-state index in [0.717, 1.165) is 10.6 Å². The lowest BCUT2D eigenvalue weighted by Gasteiger charge is -2.30. The van der Waals surface area contributed by atoms with Crippen LogP contribution in [-0.2, 0) is 19.2 Å². The maximum atomic E-state index is 12.2. The summed E-state index contributed by atoms with van der Waals surface area (Å²) in [7, 11) is 0. The molecule has 0 radical (unpaired) electrons. The first kappa shape index (κ1) is 16.0. The van der Waals surface area contributed by atoms with Crippen LogP contribution in [0.3, 0.4) is 0 Å². The van der Waals surface area contributed by atoms with Crippen molar-refractivity contribution in [1.82, 2.24) is 10.2 Å². The van der Waals surface area contributed by atoms with Crippen molar-refractivity contribution in [2.75, 3.05) is 36.4 Å². The Morgan fingerprint density at radius 3 is 2.54 bits per heavy atom. The molecule has 0 atom stereocenters. The highest BCUT2D eigenvalue weighted by atomic mass is 16.2. The summed E-state index contributed by atoms with van der Waals surface area (Å²) in [5.74, 6) is -1.16. The molecule has 2 fully saturated rings. The molecule has 3 rings (SSSR count). The monoisotopic (exact) mass is 330 g/mol. The fourth-order valence-corrected chi connectivity index (χ4v) is 2.83. The van der Waals surface area contributed by atoms with Gasteiger partial charge in [0.15, 0.2) is 0 Å². The Balaban J connectivity index is 1.71. The lowest BCUT2D eigenvalue weighted by atomic mass is 10.2. The zero-order valence-electron chi connectivity index (χ0n) is 13.1. The smallest absolute Gasteiger partial charge is 0.244 e. The molecule has 2 aliphatic heterocycles. The minimum Gasteiger partial charge on any atom is -0.359 e. The molecule has 2 saturated heterocycles. The number of benzene rings is 1. The Bertz CT molecular complexity index is 687. The molecule has 8 nitrogen and oxygen atoms in total. The molecule has 0 spiro atoms. The molecule has 1 aromatic rings. The summed E-state index contributed by atoms with van der Waals surface area (Å²) in [5, 5.41) is 5.48. The van der Waals surface area contributed by atoms with Crippen LogP contribution in [0.2, 0.25) is 0 Å². The Morgan fingerprint density at radius 2 is 1.83 bits per heavy atom. The van der Waals surface area contributed by atoms with E-state index in [0.29, 0.717) is 18.8 Å². The van der Waals surface area contributed by atoms with Crippen LogP contribution in [0.4, 0.5) is 11.4 Å². The number of hydrogen-bond donors (Lipinski definition) is 2. The van der Waals surface area contributed by atoms with E-state index in [4.69, 9.17) is 0 Å². The number of hydrogen-bond acceptors (Lipinski definition) is 5. The molecule has 0 unspecified atom stereocenters. The second-order valence-corrected chi connectivity index (χ2v) is 5.71. The van der Waals surface area contributed by atoms with Crippen LogP contribution in [0.25, 0.3) is 0 Å². The predicted molar refractivity (Wildman–Crippen MR) is 86.2 cm³/mol. The van der Waals surface area contributed by atoms with E-state index in [-0.39, 0.29) is 43.7 Å². The molecule has 0 aromatic heterocycles. The number of anilines is 2. The zero-order chi connectivity index (χ0) is 17.1. The van der Waals surface area contributed by atoms with Crippen LogP contribution < -0.4 is 15.5 Å². The summed E-state index contributed by atoms with van der Waals surface area (Å²) >= 11 is 0. The van der Waals surface area contributed by atoms with Crippen LogP contribution in [0.5, 0.6) is 0 Å². The Labute approximate surface area is 138 Å². The van der Waals surface area contributed by atoms with Gasteiger partial charge in [0.1, 0.15) is 6.54 Å². The normalized spacial score (nSPS) is 17.9. The Kier molecular flexibility index (Phi) is 4.45. The standard InChI is InChI=1S/C16H18N4O4/c21-13-9-19(8-7-17-13)12-4-2-1-3-11(12)18-14(22)10-20-15(23)5-6-16(20)24/h1-4H,5-10H2,(H,17,21)(H,18,22). The SMILES string of the molecule is O=C1CN(c2ccccc2NC(=O)CN2C(=O)CCC2=O)CCN1. The first-order chi connectivity index (χ1) is 11.5. The number of likely N-dealkylation sites (tertiary alicyclic amines) is 1. The second kappa shape index (κ2) is 6.69. The number of piperazine rings is 1. The molecule has 8 heteroatoms. The van der Waals surface area contributed by atoms with Crippen molar-refractivity contribution >= 4 is 35.0 Å². The van der Waals surface area contributed by atoms with Gasteiger partial charge in [-0.25, -0.2) is 0 Å². The van der Waals surface area contributed by atoms with Gasteiger partial charge in [-0.05, 0) is 12.1 Å². The van der Waals surface area contributed by atoms with Crippen LogP contribution in [0, 0.1) is 0 Å². The number of rotatable bonds is 4. The number of carbonyl (C=O) groups excluding carboxylic acids is 4. The Morgan fingerprint density at radius 1 is 1.12 bits per heavy atom. The van der Waals surface area contributed by atoms with Gasteiger partial charge in [0.25, 0.3) is 0 Å². The molecule has 0 bridgehead atoms.